The summed E-state index contributed by atoms with van der Waals surface area (Å²) < 4.78 is 26.1. The zero-order chi connectivity index (χ0) is 14.8. The van der Waals surface area contributed by atoms with E-state index in [2.05, 4.69) is 0 Å². The zero-order valence-corrected chi connectivity index (χ0v) is 12.9. The van der Waals surface area contributed by atoms with E-state index < -0.39 is 10.0 Å². The van der Waals surface area contributed by atoms with Gasteiger partial charge in [-0.3, -0.25) is 4.79 Å². The molecular weight excluding hydrogens is 294 g/mol. The van der Waals surface area contributed by atoms with Gasteiger partial charge in [-0.2, -0.15) is 15.6 Å². The molecule has 0 saturated carbocycles. The SMILES string of the molecule is CC(=O)c1ccc(S(=O)(=O)N(C)Cc2ccsc2)cc1. The highest BCUT2D eigenvalue weighted by Gasteiger charge is 2.21. The lowest BCUT2D eigenvalue weighted by Gasteiger charge is -2.16. The lowest BCUT2D eigenvalue weighted by molar-refractivity contribution is 0.101. The molecule has 0 N–H and O–H groups in total. The van der Waals surface area contributed by atoms with Gasteiger partial charge >= 0.3 is 0 Å². The molecule has 2 rings (SSSR count). The molecule has 0 radical (unpaired) electrons. The molecule has 1 aromatic carbocycles. The minimum Gasteiger partial charge on any atom is -0.295 e. The third kappa shape index (κ3) is 3.15. The maximum absolute atomic E-state index is 12.4. The van der Waals surface area contributed by atoms with Crippen molar-refractivity contribution in [2.24, 2.45) is 0 Å². The predicted octanol–water partition coefficient (Wildman–Crippen LogP) is 2.77. The van der Waals surface area contributed by atoms with Crippen LogP contribution in [-0.4, -0.2) is 25.6 Å². The fourth-order valence-corrected chi connectivity index (χ4v) is 3.59. The van der Waals surface area contributed by atoms with Gasteiger partial charge < -0.3 is 0 Å². The number of nitrogens with zero attached hydrogens (tertiary/aromatic N) is 1. The van der Waals surface area contributed by atoms with Crippen LogP contribution in [0.15, 0.2) is 46.0 Å². The number of carbonyl (C=O) groups excluding carboxylic acids is 1. The second-order valence-electron chi connectivity index (χ2n) is 4.47. The number of ketones is 1. The molecule has 0 aliphatic carbocycles. The van der Waals surface area contributed by atoms with Gasteiger partial charge in [-0.15, -0.1) is 0 Å². The van der Waals surface area contributed by atoms with Crippen molar-refractivity contribution < 1.29 is 13.2 Å². The minimum atomic E-state index is -3.53. The Bertz CT molecular complexity index is 689. The maximum atomic E-state index is 12.4. The summed E-state index contributed by atoms with van der Waals surface area (Å²) >= 11 is 1.53. The Labute approximate surface area is 122 Å². The summed E-state index contributed by atoms with van der Waals surface area (Å²) in [7, 11) is -1.98. The summed E-state index contributed by atoms with van der Waals surface area (Å²) in [6.07, 6.45) is 0. The molecule has 6 heteroatoms. The topological polar surface area (TPSA) is 54.5 Å². The van der Waals surface area contributed by atoms with Crippen LogP contribution in [0.3, 0.4) is 0 Å². The fourth-order valence-electron chi connectivity index (χ4n) is 1.77. The van der Waals surface area contributed by atoms with E-state index in [1.165, 1.54) is 46.8 Å². The van der Waals surface area contributed by atoms with E-state index in [-0.39, 0.29) is 10.7 Å². The van der Waals surface area contributed by atoms with Crippen LogP contribution < -0.4 is 0 Å². The van der Waals surface area contributed by atoms with Crippen LogP contribution in [0.1, 0.15) is 22.8 Å². The van der Waals surface area contributed by atoms with Crippen molar-refractivity contribution in [1.29, 1.82) is 0 Å². The van der Waals surface area contributed by atoms with Gasteiger partial charge in [0.1, 0.15) is 0 Å². The van der Waals surface area contributed by atoms with E-state index in [4.69, 9.17) is 0 Å². The number of hydrogen-bond donors (Lipinski definition) is 0. The van der Waals surface area contributed by atoms with Gasteiger partial charge in [-0.1, -0.05) is 12.1 Å². The van der Waals surface area contributed by atoms with Crippen LogP contribution in [0.5, 0.6) is 0 Å². The number of sulfonamides is 1. The molecule has 1 aromatic heterocycles. The van der Waals surface area contributed by atoms with Gasteiger partial charge in [0.2, 0.25) is 10.0 Å². The molecule has 0 amide bonds. The van der Waals surface area contributed by atoms with E-state index in [0.29, 0.717) is 12.1 Å². The molecular formula is C14H15NO3S2. The Morgan fingerprint density at radius 3 is 2.35 bits per heavy atom. The quantitative estimate of drug-likeness (QED) is 0.798. The zero-order valence-electron chi connectivity index (χ0n) is 11.2. The van der Waals surface area contributed by atoms with E-state index in [0.717, 1.165) is 5.56 Å². The molecule has 0 aliphatic rings. The molecule has 0 aliphatic heterocycles. The van der Waals surface area contributed by atoms with Crippen molar-refractivity contribution in [2.75, 3.05) is 7.05 Å². The van der Waals surface area contributed by atoms with E-state index in [1.807, 2.05) is 16.8 Å². The average molecular weight is 309 g/mol. The highest BCUT2D eigenvalue weighted by molar-refractivity contribution is 7.89. The van der Waals surface area contributed by atoms with E-state index >= 15 is 0 Å². The predicted molar refractivity (Wildman–Crippen MR) is 79.4 cm³/mol. The number of Topliss-reactive ketones (excluding diaryl/α,β-unsaturated/α-hetero) is 1. The molecule has 1 heterocycles. The Hall–Kier alpha value is -1.50. The summed E-state index contributed by atoms with van der Waals surface area (Å²) in [4.78, 5) is 11.4. The number of thiophene rings is 1. The third-order valence-electron chi connectivity index (χ3n) is 2.95. The van der Waals surface area contributed by atoms with Crippen LogP contribution in [0, 0.1) is 0 Å². The lowest BCUT2D eigenvalue weighted by Crippen LogP contribution is -2.26. The normalized spacial score (nSPS) is 11.8. The molecule has 20 heavy (non-hydrogen) atoms. The monoisotopic (exact) mass is 309 g/mol. The molecule has 0 spiro atoms. The maximum Gasteiger partial charge on any atom is 0.243 e. The van der Waals surface area contributed by atoms with Crippen molar-refractivity contribution >= 4 is 27.1 Å². The first-order valence-electron chi connectivity index (χ1n) is 5.99. The number of hydrogen-bond acceptors (Lipinski definition) is 4. The summed E-state index contributed by atoms with van der Waals surface area (Å²) in [6, 6.07) is 7.91. The van der Waals surface area contributed by atoms with Crippen LogP contribution in [0.25, 0.3) is 0 Å². The van der Waals surface area contributed by atoms with Crippen LogP contribution in [0.2, 0.25) is 0 Å². The van der Waals surface area contributed by atoms with Crippen LogP contribution in [0.4, 0.5) is 0 Å². The number of rotatable bonds is 5. The van der Waals surface area contributed by atoms with Crippen LogP contribution >= 0.6 is 11.3 Å². The second kappa shape index (κ2) is 5.87. The van der Waals surface area contributed by atoms with Gasteiger partial charge in [0.05, 0.1) is 4.90 Å². The smallest absolute Gasteiger partial charge is 0.243 e. The molecule has 4 nitrogen and oxygen atoms in total. The van der Waals surface area contributed by atoms with Crippen LogP contribution in [-0.2, 0) is 16.6 Å². The summed E-state index contributed by atoms with van der Waals surface area (Å²) in [5.74, 6) is -0.0828. The van der Waals surface area contributed by atoms with Gasteiger partial charge in [-0.05, 0) is 41.4 Å². The highest BCUT2D eigenvalue weighted by atomic mass is 32.2. The first-order chi connectivity index (χ1) is 9.41. The van der Waals surface area contributed by atoms with Crippen molar-refractivity contribution in [1.82, 2.24) is 4.31 Å². The molecule has 2 aromatic rings. The molecule has 106 valence electrons. The van der Waals surface area contributed by atoms with Gasteiger partial charge in [0, 0.05) is 19.2 Å². The molecule has 0 bridgehead atoms. The molecule has 0 unspecified atom stereocenters. The Balaban J connectivity index is 2.23. The van der Waals surface area contributed by atoms with Gasteiger partial charge in [-0.25, -0.2) is 8.42 Å². The van der Waals surface area contributed by atoms with Crippen molar-refractivity contribution in [3.8, 4) is 0 Å². The van der Waals surface area contributed by atoms with Gasteiger partial charge in [0.25, 0.3) is 0 Å². The third-order valence-corrected chi connectivity index (χ3v) is 5.50. The summed E-state index contributed by atoms with van der Waals surface area (Å²) in [6.45, 7) is 1.78. The molecule has 0 atom stereocenters. The first-order valence-corrected chi connectivity index (χ1v) is 8.38. The van der Waals surface area contributed by atoms with E-state index in [1.54, 1.807) is 7.05 Å². The number of carbonyl (C=O) groups is 1. The minimum absolute atomic E-state index is 0.0828. The Kier molecular flexibility index (Phi) is 4.37. The van der Waals surface area contributed by atoms with Crippen molar-refractivity contribution in [3.63, 3.8) is 0 Å². The molecule has 0 fully saturated rings. The lowest BCUT2D eigenvalue weighted by atomic mass is 10.2. The first kappa shape index (κ1) is 14.9. The number of benzene rings is 1. The Morgan fingerprint density at radius 1 is 1.20 bits per heavy atom. The highest BCUT2D eigenvalue weighted by Crippen LogP contribution is 2.18. The molecule has 0 saturated heterocycles. The standard InChI is InChI=1S/C14H15NO3S2/c1-11(16)13-3-5-14(6-4-13)20(17,18)15(2)9-12-7-8-19-10-12/h3-8,10H,9H2,1-2H3. The summed E-state index contributed by atoms with van der Waals surface area (Å²) in [5.41, 5.74) is 1.46. The van der Waals surface area contributed by atoms with Crippen molar-refractivity contribution in [2.45, 2.75) is 18.4 Å². The summed E-state index contributed by atoms with van der Waals surface area (Å²) in [5, 5.41) is 3.84. The fraction of sp³-hybridized carbons (Fsp3) is 0.214. The average Bonchev–Trinajstić information content (AvgIpc) is 2.91. The van der Waals surface area contributed by atoms with Gasteiger partial charge in [0.15, 0.2) is 5.78 Å². The second-order valence-corrected chi connectivity index (χ2v) is 7.30. The van der Waals surface area contributed by atoms with Crippen molar-refractivity contribution in [3.05, 3.63) is 52.2 Å². The van der Waals surface area contributed by atoms with E-state index in [9.17, 15) is 13.2 Å². The Morgan fingerprint density at radius 2 is 1.85 bits per heavy atom. The largest absolute Gasteiger partial charge is 0.295 e.